The molecule has 1 aromatic rings. The second kappa shape index (κ2) is 6.32. The maximum atomic E-state index is 12.9. The number of hydrogen-bond acceptors (Lipinski definition) is 4. The summed E-state index contributed by atoms with van der Waals surface area (Å²) in [4.78, 5) is 39.1. The van der Waals surface area contributed by atoms with E-state index in [9.17, 15) is 14.4 Å². The zero-order chi connectivity index (χ0) is 19.3. The van der Waals surface area contributed by atoms with Crippen LogP contribution in [0.5, 0.6) is 0 Å². The first-order valence-electron chi connectivity index (χ1n) is 9.59. The van der Waals surface area contributed by atoms with Crippen molar-refractivity contribution in [3.8, 4) is 0 Å². The van der Waals surface area contributed by atoms with Gasteiger partial charge >= 0.3 is 6.09 Å². The van der Waals surface area contributed by atoms with Crippen molar-refractivity contribution in [2.24, 2.45) is 11.8 Å². The molecule has 1 aromatic carbocycles. The van der Waals surface area contributed by atoms with Crippen molar-refractivity contribution in [3.05, 3.63) is 47.5 Å². The van der Waals surface area contributed by atoms with Gasteiger partial charge in [0.2, 0.25) is 5.91 Å². The fourth-order valence-corrected chi connectivity index (χ4v) is 4.90. The van der Waals surface area contributed by atoms with Crippen LogP contribution >= 0.6 is 0 Å². The molecular weight excluding hydrogens is 342 g/mol. The Balaban J connectivity index is 1.75. The van der Waals surface area contributed by atoms with Gasteiger partial charge in [0, 0.05) is 24.7 Å². The van der Waals surface area contributed by atoms with Crippen LogP contribution in [0.25, 0.3) is 0 Å². The summed E-state index contributed by atoms with van der Waals surface area (Å²) in [6.07, 6.45) is 2.69. The number of allylic oxidation sites excluding steroid dienone is 1. The lowest BCUT2D eigenvalue weighted by Crippen LogP contribution is -2.48. The second-order valence-corrected chi connectivity index (χ2v) is 8.81. The fourth-order valence-electron chi connectivity index (χ4n) is 4.90. The number of ketones is 1. The van der Waals surface area contributed by atoms with Gasteiger partial charge in [0.15, 0.2) is 5.78 Å². The minimum atomic E-state index is -0.669. The van der Waals surface area contributed by atoms with E-state index in [1.54, 1.807) is 26.8 Å². The third-order valence-electron chi connectivity index (χ3n) is 5.82. The molecule has 3 aliphatic rings. The first-order valence-corrected chi connectivity index (χ1v) is 9.59. The maximum Gasteiger partial charge on any atom is 0.417 e. The van der Waals surface area contributed by atoms with E-state index in [4.69, 9.17) is 4.74 Å². The van der Waals surface area contributed by atoms with E-state index in [0.717, 1.165) is 17.6 Å². The molecule has 1 heterocycles. The standard InChI is InChI=1S/C22H25NO4/c1-22(2,3)27-21(26)23-19(25)12-18-16-11-15(24)9-14(16)10-17(20(18)23)13-7-5-4-6-8-13/h4-8,11,14,17-18,20H,9-10,12H2,1-3H3/t14-,17-,18+,20-/m1/s1. The van der Waals surface area contributed by atoms with Gasteiger partial charge in [-0.1, -0.05) is 35.9 Å². The van der Waals surface area contributed by atoms with Gasteiger partial charge in [-0.3, -0.25) is 9.59 Å². The molecule has 0 unspecified atom stereocenters. The molecule has 1 aliphatic heterocycles. The number of nitrogens with zero attached hydrogens (tertiary/aromatic N) is 1. The molecule has 27 heavy (non-hydrogen) atoms. The Morgan fingerprint density at radius 2 is 1.78 bits per heavy atom. The van der Waals surface area contributed by atoms with E-state index in [2.05, 4.69) is 0 Å². The molecule has 1 saturated heterocycles. The summed E-state index contributed by atoms with van der Waals surface area (Å²) in [5.41, 5.74) is 1.49. The molecular formula is C22H25NO4. The summed E-state index contributed by atoms with van der Waals surface area (Å²) in [7, 11) is 0. The number of likely N-dealkylation sites (tertiary alicyclic amines) is 1. The zero-order valence-corrected chi connectivity index (χ0v) is 16.0. The van der Waals surface area contributed by atoms with E-state index in [-0.39, 0.29) is 41.9 Å². The summed E-state index contributed by atoms with van der Waals surface area (Å²) in [6.45, 7) is 5.39. The van der Waals surface area contributed by atoms with Gasteiger partial charge in [-0.25, -0.2) is 9.69 Å². The molecule has 2 fully saturated rings. The fraction of sp³-hybridized carbons (Fsp3) is 0.500. The molecule has 4 atom stereocenters. The van der Waals surface area contributed by atoms with Crippen molar-refractivity contribution < 1.29 is 19.1 Å². The normalized spacial score (nSPS) is 30.0. The summed E-state index contributed by atoms with van der Waals surface area (Å²) < 4.78 is 5.54. The van der Waals surface area contributed by atoms with Gasteiger partial charge in [-0.05, 0) is 44.7 Å². The molecule has 0 bridgehead atoms. The van der Waals surface area contributed by atoms with Crippen molar-refractivity contribution in [2.45, 2.75) is 57.6 Å². The average molecular weight is 367 g/mol. The summed E-state index contributed by atoms with van der Waals surface area (Å²) >= 11 is 0. The Bertz CT molecular complexity index is 820. The third kappa shape index (κ3) is 3.20. The average Bonchev–Trinajstić information content (AvgIpc) is 3.12. The monoisotopic (exact) mass is 367 g/mol. The first kappa shape index (κ1) is 18.0. The minimum absolute atomic E-state index is 0.0169. The summed E-state index contributed by atoms with van der Waals surface area (Å²) in [5.74, 6) is 0.0192. The number of benzene rings is 1. The molecule has 2 aliphatic carbocycles. The highest BCUT2D eigenvalue weighted by Gasteiger charge is 2.55. The molecule has 0 N–H and O–H groups in total. The van der Waals surface area contributed by atoms with Crippen molar-refractivity contribution in [3.63, 3.8) is 0 Å². The number of hydrogen-bond donors (Lipinski definition) is 0. The van der Waals surface area contributed by atoms with Crippen molar-refractivity contribution in [1.29, 1.82) is 0 Å². The highest BCUT2D eigenvalue weighted by atomic mass is 16.6. The lowest BCUT2D eigenvalue weighted by Gasteiger charge is -2.41. The zero-order valence-electron chi connectivity index (χ0n) is 16.0. The Hall–Kier alpha value is -2.43. The lowest BCUT2D eigenvalue weighted by molar-refractivity contribution is -0.128. The van der Waals surface area contributed by atoms with Crippen LogP contribution < -0.4 is 0 Å². The van der Waals surface area contributed by atoms with Crippen LogP contribution in [0.2, 0.25) is 0 Å². The van der Waals surface area contributed by atoms with Gasteiger partial charge in [0.25, 0.3) is 0 Å². The third-order valence-corrected chi connectivity index (χ3v) is 5.82. The topological polar surface area (TPSA) is 63.7 Å². The van der Waals surface area contributed by atoms with Crippen LogP contribution in [-0.2, 0) is 14.3 Å². The van der Waals surface area contributed by atoms with Gasteiger partial charge in [-0.2, -0.15) is 0 Å². The van der Waals surface area contributed by atoms with Crippen LogP contribution in [-0.4, -0.2) is 34.3 Å². The van der Waals surface area contributed by atoms with E-state index < -0.39 is 11.7 Å². The van der Waals surface area contributed by atoms with Crippen LogP contribution in [0.3, 0.4) is 0 Å². The predicted octanol–water partition coefficient (Wildman–Crippen LogP) is 3.84. The second-order valence-electron chi connectivity index (χ2n) is 8.81. The Labute approximate surface area is 159 Å². The molecule has 0 spiro atoms. The first-order chi connectivity index (χ1) is 12.7. The Morgan fingerprint density at radius 3 is 2.44 bits per heavy atom. The van der Waals surface area contributed by atoms with Gasteiger partial charge in [0.1, 0.15) is 5.60 Å². The Morgan fingerprint density at radius 1 is 1.07 bits per heavy atom. The quantitative estimate of drug-likeness (QED) is 0.756. The van der Waals surface area contributed by atoms with E-state index in [0.29, 0.717) is 6.42 Å². The largest absolute Gasteiger partial charge is 0.443 e. The van der Waals surface area contributed by atoms with Crippen LogP contribution in [0.4, 0.5) is 4.79 Å². The van der Waals surface area contributed by atoms with Crippen molar-refractivity contribution >= 4 is 17.8 Å². The molecule has 2 amide bonds. The smallest absolute Gasteiger partial charge is 0.417 e. The highest BCUT2D eigenvalue weighted by Crippen LogP contribution is 2.52. The number of rotatable bonds is 1. The number of fused-ring (bicyclic) bond motifs is 3. The number of imide groups is 1. The molecule has 0 aromatic heterocycles. The van der Waals surface area contributed by atoms with Crippen molar-refractivity contribution in [1.82, 2.24) is 4.90 Å². The molecule has 1 saturated carbocycles. The minimum Gasteiger partial charge on any atom is -0.443 e. The van der Waals surface area contributed by atoms with Gasteiger partial charge < -0.3 is 4.74 Å². The Kier molecular flexibility index (Phi) is 4.21. The van der Waals surface area contributed by atoms with Crippen LogP contribution in [0, 0.1) is 11.8 Å². The highest BCUT2D eigenvalue weighted by molar-refractivity contribution is 5.97. The molecule has 4 rings (SSSR count). The SMILES string of the molecule is CC(C)(C)OC(=O)N1C(=O)C[C@H]2C3=CC(=O)C[C@@H]3C[C@H](c3ccccc3)[C@H]21. The number of ether oxygens (including phenoxy) is 1. The molecule has 5 heteroatoms. The van der Waals surface area contributed by atoms with E-state index in [1.165, 1.54) is 4.90 Å². The van der Waals surface area contributed by atoms with Gasteiger partial charge in [0.05, 0.1) is 6.04 Å². The molecule has 142 valence electrons. The van der Waals surface area contributed by atoms with Crippen LogP contribution in [0.15, 0.2) is 42.0 Å². The summed E-state index contributed by atoms with van der Waals surface area (Å²) in [6, 6.07) is 9.71. The number of carbonyl (C=O) groups is 3. The number of carbonyl (C=O) groups excluding carboxylic acids is 3. The van der Waals surface area contributed by atoms with Crippen molar-refractivity contribution in [2.75, 3.05) is 0 Å². The van der Waals surface area contributed by atoms with Crippen LogP contribution in [0.1, 0.15) is 51.5 Å². The van der Waals surface area contributed by atoms with E-state index >= 15 is 0 Å². The molecule has 0 radical (unpaired) electrons. The maximum absolute atomic E-state index is 12.9. The van der Waals surface area contributed by atoms with E-state index in [1.807, 2.05) is 30.3 Å². The summed E-state index contributed by atoms with van der Waals surface area (Å²) in [5, 5.41) is 0. The van der Waals surface area contributed by atoms with Gasteiger partial charge in [-0.15, -0.1) is 0 Å². The lowest BCUT2D eigenvalue weighted by atomic mass is 9.67. The number of amides is 2. The molecule has 5 nitrogen and oxygen atoms in total. The predicted molar refractivity (Wildman–Crippen MR) is 100.0 cm³/mol.